The average molecular weight is 541 g/mol. The topological polar surface area (TPSA) is 89.4 Å². The summed E-state index contributed by atoms with van der Waals surface area (Å²) in [6, 6.07) is 8.54. The molecule has 0 unspecified atom stereocenters. The van der Waals surface area contributed by atoms with Gasteiger partial charge in [-0.15, -0.1) is 10.2 Å². The zero-order chi connectivity index (χ0) is 27.4. The lowest BCUT2D eigenvalue weighted by Crippen LogP contribution is -2.44. The van der Waals surface area contributed by atoms with Crippen molar-refractivity contribution in [2.75, 3.05) is 6.54 Å². The number of alkyl carbamates (subject to hydrolysis) is 1. The van der Waals surface area contributed by atoms with Crippen molar-refractivity contribution in [3.05, 3.63) is 82.7 Å². The number of hydrogen-bond donors (Lipinski definition) is 1. The minimum absolute atomic E-state index is 0.0737. The molecule has 2 heterocycles. The highest BCUT2D eigenvalue weighted by molar-refractivity contribution is 5.78. The summed E-state index contributed by atoms with van der Waals surface area (Å²) >= 11 is 0. The molecule has 2 amide bonds. The Bertz CT molecular complexity index is 1310. The van der Waals surface area contributed by atoms with Crippen LogP contribution in [0.2, 0.25) is 0 Å². The van der Waals surface area contributed by atoms with E-state index in [0.717, 1.165) is 4.57 Å². The summed E-state index contributed by atoms with van der Waals surface area (Å²) in [7, 11) is 0. The van der Waals surface area contributed by atoms with Gasteiger partial charge in [0.1, 0.15) is 12.4 Å². The quantitative estimate of drug-likeness (QED) is 0.361. The van der Waals surface area contributed by atoms with Gasteiger partial charge in [-0.3, -0.25) is 4.79 Å². The van der Waals surface area contributed by atoms with Gasteiger partial charge in [-0.05, 0) is 23.6 Å². The number of ether oxygens (including phenoxy) is 1. The molecule has 0 spiro atoms. The highest BCUT2D eigenvalue weighted by Gasteiger charge is 2.40. The lowest BCUT2D eigenvalue weighted by Gasteiger charge is -2.29. The van der Waals surface area contributed by atoms with Gasteiger partial charge in [0.2, 0.25) is 11.7 Å². The van der Waals surface area contributed by atoms with Crippen LogP contribution < -0.4 is 5.32 Å². The standard InChI is InChI=1S/C24H21F6N5O3/c25-17-11-19(27)18(26)9-15(17)8-16(31-23(37)38-13-14-4-2-1-3-5-14)10-21(36)34-6-7-35-20(12-34)32-33-22(35)24(28,29)30/h1-5,9,11,16H,6-8,10,12-13H2,(H,31,37)/t16-/m1/s1. The second-order valence-electron chi connectivity index (χ2n) is 8.57. The third kappa shape index (κ3) is 6.42. The number of fused-ring (bicyclic) bond motifs is 1. The number of rotatable bonds is 7. The second kappa shape index (κ2) is 11.1. The van der Waals surface area contributed by atoms with Crippen LogP contribution in [0.25, 0.3) is 0 Å². The molecule has 1 aliphatic rings. The number of alkyl halides is 3. The molecule has 202 valence electrons. The lowest BCUT2D eigenvalue weighted by atomic mass is 10.0. The summed E-state index contributed by atoms with van der Waals surface area (Å²) in [5, 5.41) is 9.11. The molecule has 3 aromatic rings. The van der Waals surface area contributed by atoms with Crippen LogP contribution in [0.1, 0.15) is 29.2 Å². The Labute approximate surface area is 212 Å². The Kier molecular flexibility index (Phi) is 7.88. The van der Waals surface area contributed by atoms with E-state index >= 15 is 0 Å². The smallest absolute Gasteiger partial charge is 0.445 e. The Morgan fingerprint density at radius 3 is 2.42 bits per heavy atom. The molecule has 8 nitrogen and oxygen atoms in total. The van der Waals surface area contributed by atoms with Crippen molar-refractivity contribution in [3.63, 3.8) is 0 Å². The fourth-order valence-corrected chi connectivity index (χ4v) is 4.01. The van der Waals surface area contributed by atoms with Gasteiger partial charge >= 0.3 is 12.3 Å². The van der Waals surface area contributed by atoms with E-state index in [9.17, 15) is 35.9 Å². The Balaban J connectivity index is 1.46. The van der Waals surface area contributed by atoms with Gasteiger partial charge in [0, 0.05) is 31.6 Å². The number of amides is 2. The molecule has 14 heteroatoms. The van der Waals surface area contributed by atoms with Gasteiger partial charge in [0.25, 0.3) is 0 Å². The number of aromatic nitrogens is 3. The molecule has 0 bridgehead atoms. The number of benzene rings is 2. The number of carbonyl (C=O) groups is 2. The van der Waals surface area contributed by atoms with Gasteiger partial charge in [0.15, 0.2) is 17.5 Å². The molecule has 0 aliphatic carbocycles. The van der Waals surface area contributed by atoms with Crippen molar-refractivity contribution >= 4 is 12.0 Å². The molecular formula is C24H21F6N5O3. The van der Waals surface area contributed by atoms with Gasteiger partial charge in [-0.1, -0.05) is 30.3 Å². The Hall–Kier alpha value is -4.10. The Morgan fingerprint density at radius 1 is 1.00 bits per heavy atom. The van der Waals surface area contributed by atoms with Crippen molar-refractivity contribution in [1.29, 1.82) is 0 Å². The molecule has 0 saturated carbocycles. The lowest BCUT2D eigenvalue weighted by molar-refractivity contribution is -0.148. The van der Waals surface area contributed by atoms with Gasteiger partial charge in [0.05, 0.1) is 6.54 Å². The number of halogens is 6. The summed E-state index contributed by atoms with van der Waals surface area (Å²) in [5.41, 5.74) is 0.385. The molecule has 0 saturated heterocycles. The number of nitrogens with zero attached hydrogens (tertiary/aromatic N) is 4. The summed E-state index contributed by atoms with van der Waals surface area (Å²) in [4.78, 5) is 26.7. The van der Waals surface area contributed by atoms with Crippen molar-refractivity contribution in [1.82, 2.24) is 25.0 Å². The summed E-state index contributed by atoms with van der Waals surface area (Å²) < 4.78 is 86.7. The maximum atomic E-state index is 14.3. The fraction of sp³-hybridized carbons (Fsp3) is 0.333. The van der Waals surface area contributed by atoms with Crippen molar-refractivity contribution < 1.29 is 40.7 Å². The molecule has 0 radical (unpaired) electrons. The third-order valence-electron chi connectivity index (χ3n) is 5.87. The molecule has 2 aromatic carbocycles. The monoisotopic (exact) mass is 541 g/mol. The van der Waals surface area contributed by atoms with Crippen LogP contribution in [0.5, 0.6) is 0 Å². The van der Waals surface area contributed by atoms with Gasteiger partial charge in [-0.2, -0.15) is 13.2 Å². The summed E-state index contributed by atoms with van der Waals surface area (Å²) in [6.45, 7) is -0.682. The number of hydrogen-bond acceptors (Lipinski definition) is 5. The van der Waals surface area contributed by atoms with E-state index in [4.69, 9.17) is 4.74 Å². The predicted molar refractivity (Wildman–Crippen MR) is 119 cm³/mol. The summed E-state index contributed by atoms with van der Waals surface area (Å²) in [6.07, 6.45) is -6.47. The molecule has 0 fully saturated rings. The molecule has 1 aromatic heterocycles. The molecular weight excluding hydrogens is 520 g/mol. The molecule has 1 N–H and O–H groups in total. The maximum absolute atomic E-state index is 14.3. The first-order valence-electron chi connectivity index (χ1n) is 11.4. The molecule has 4 rings (SSSR count). The maximum Gasteiger partial charge on any atom is 0.451 e. The molecule has 1 aliphatic heterocycles. The predicted octanol–water partition coefficient (Wildman–Crippen LogP) is 3.98. The highest BCUT2D eigenvalue weighted by atomic mass is 19.4. The first-order valence-corrected chi connectivity index (χ1v) is 11.4. The average Bonchev–Trinajstić information content (AvgIpc) is 3.30. The van der Waals surface area contributed by atoms with E-state index in [1.807, 2.05) is 0 Å². The SMILES string of the molecule is O=C(N[C@@H](CC(=O)N1CCn2c(nnc2C(F)(F)F)C1)Cc1cc(F)c(F)cc1F)OCc1ccccc1. The minimum Gasteiger partial charge on any atom is -0.445 e. The van der Waals surface area contributed by atoms with Crippen molar-refractivity contribution in [3.8, 4) is 0 Å². The van der Waals surface area contributed by atoms with E-state index in [2.05, 4.69) is 15.5 Å². The first-order chi connectivity index (χ1) is 18.0. The van der Waals surface area contributed by atoms with E-state index in [0.29, 0.717) is 17.7 Å². The van der Waals surface area contributed by atoms with Crippen LogP contribution in [-0.2, 0) is 41.8 Å². The highest BCUT2D eigenvalue weighted by Crippen LogP contribution is 2.29. The zero-order valence-electron chi connectivity index (χ0n) is 19.6. The second-order valence-corrected chi connectivity index (χ2v) is 8.57. The normalized spacial score (nSPS) is 14.1. The van der Waals surface area contributed by atoms with Crippen LogP contribution in [0.15, 0.2) is 42.5 Å². The van der Waals surface area contributed by atoms with Crippen molar-refractivity contribution in [2.45, 2.75) is 44.8 Å². The van der Waals surface area contributed by atoms with Crippen LogP contribution in [0, 0.1) is 17.5 Å². The van der Waals surface area contributed by atoms with Crippen LogP contribution >= 0.6 is 0 Å². The number of nitrogens with one attached hydrogen (secondary N) is 1. The Morgan fingerprint density at radius 2 is 1.71 bits per heavy atom. The minimum atomic E-state index is -4.71. The van der Waals surface area contributed by atoms with E-state index in [1.165, 1.54) is 4.90 Å². The largest absolute Gasteiger partial charge is 0.451 e. The van der Waals surface area contributed by atoms with Crippen LogP contribution in [-0.4, -0.2) is 44.3 Å². The number of carbonyl (C=O) groups excluding carboxylic acids is 2. The van der Waals surface area contributed by atoms with Gasteiger partial charge < -0.3 is 19.5 Å². The van der Waals surface area contributed by atoms with Crippen LogP contribution in [0.4, 0.5) is 31.1 Å². The van der Waals surface area contributed by atoms with Crippen LogP contribution in [0.3, 0.4) is 0 Å². The fourth-order valence-electron chi connectivity index (χ4n) is 4.01. The summed E-state index contributed by atoms with van der Waals surface area (Å²) in [5.74, 6) is -5.63. The molecule has 1 atom stereocenters. The van der Waals surface area contributed by atoms with Crippen molar-refractivity contribution in [2.24, 2.45) is 0 Å². The van der Waals surface area contributed by atoms with E-state index in [-0.39, 0.29) is 37.6 Å². The van der Waals surface area contributed by atoms with Gasteiger partial charge in [-0.25, -0.2) is 18.0 Å². The van der Waals surface area contributed by atoms with E-state index < -0.39 is 60.3 Å². The molecule has 38 heavy (non-hydrogen) atoms. The third-order valence-corrected chi connectivity index (χ3v) is 5.87. The first kappa shape index (κ1) is 26.9. The zero-order valence-corrected chi connectivity index (χ0v) is 19.6. The van der Waals surface area contributed by atoms with E-state index in [1.54, 1.807) is 30.3 Å².